The summed E-state index contributed by atoms with van der Waals surface area (Å²) in [5.74, 6) is -0.120. The number of aryl methyl sites for hydroxylation is 1. The average Bonchev–Trinajstić information content (AvgIpc) is 3.31. The van der Waals surface area contributed by atoms with E-state index in [0.29, 0.717) is 31.9 Å². The Bertz CT molecular complexity index is 943. The molecule has 26 heavy (non-hydrogen) atoms. The molecule has 7 heteroatoms. The van der Waals surface area contributed by atoms with Crippen LogP contribution in [0.3, 0.4) is 0 Å². The molecular formula is C19H23N3O3S. The van der Waals surface area contributed by atoms with Crippen LogP contribution in [-0.4, -0.2) is 47.7 Å². The first-order chi connectivity index (χ1) is 12.5. The van der Waals surface area contributed by atoms with Crippen molar-refractivity contribution in [2.75, 3.05) is 19.6 Å². The Morgan fingerprint density at radius 1 is 1.04 bits per heavy atom. The van der Waals surface area contributed by atoms with Gasteiger partial charge in [0, 0.05) is 39.4 Å². The number of fused-ring (bicyclic) bond motifs is 1. The van der Waals surface area contributed by atoms with E-state index in [0.717, 1.165) is 24.8 Å². The van der Waals surface area contributed by atoms with Crippen molar-refractivity contribution in [3.63, 3.8) is 0 Å². The number of carbonyl (C=O) groups is 1. The molecule has 1 saturated heterocycles. The summed E-state index contributed by atoms with van der Waals surface area (Å²) in [6.45, 7) is 2.33. The van der Waals surface area contributed by atoms with Gasteiger partial charge in [-0.2, -0.15) is 4.31 Å². The molecule has 138 valence electrons. The maximum atomic E-state index is 13.0. The Kier molecular flexibility index (Phi) is 4.36. The summed E-state index contributed by atoms with van der Waals surface area (Å²) in [5.41, 5.74) is 2.86. The summed E-state index contributed by atoms with van der Waals surface area (Å²) in [4.78, 5) is 15.0. The molecule has 0 spiro atoms. The van der Waals surface area contributed by atoms with Crippen LogP contribution in [0.2, 0.25) is 0 Å². The number of carbonyl (C=O) groups excluding carboxylic acids is 1. The number of nitrogens with zero attached hydrogens (tertiary/aromatic N) is 3. The molecule has 0 unspecified atom stereocenters. The van der Waals surface area contributed by atoms with Gasteiger partial charge in [-0.3, -0.25) is 4.79 Å². The van der Waals surface area contributed by atoms with Crippen LogP contribution in [0.1, 0.15) is 34.5 Å². The van der Waals surface area contributed by atoms with Crippen LogP contribution in [0, 0.1) is 0 Å². The quantitative estimate of drug-likeness (QED) is 0.827. The van der Waals surface area contributed by atoms with E-state index in [2.05, 4.69) is 6.07 Å². The lowest BCUT2D eigenvalue weighted by Crippen LogP contribution is -2.36. The first-order valence-corrected chi connectivity index (χ1v) is 10.4. The standard InChI is InChI=1S/C19H23N3O3S/c1-20-14-17(26(24,25)22-9-4-5-10-22)12-18(20)19(23)21-11-8-15-6-2-3-7-16(15)13-21/h2-3,6-7,12,14H,4-5,8-11,13H2,1H3. The first kappa shape index (κ1) is 17.3. The molecule has 2 aromatic rings. The summed E-state index contributed by atoms with van der Waals surface area (Å²) >= 11 is 0. The number of benzene rings is 1. The molecule has 1 aromatic heterocycles. The topological polar surface area (TPSA) is 62.6 Å². The van der Waals surface area contributed by atoms with Gasteiger partial charge in [0.25, 0.3) is 5.91 Å². The Labute approximate surface area is 154 Å². The number of hydrogen-bond acceptors (Lipinski definition) is 3. The molecule has 3 heterocycles. The molecule has 0 atom stereocenters. The minimum absolute atomic E-state index is 0.120. The van der Waals surface area contributed by atoms with E-state index in [1.165, 1.54) is 15.9 Å². The Morgan fingerprint density at radius 2 is 1.73 bits per heavy atom. The van der Waals surface area contributed by atoms with Crippen molar-refractivity contribution in [3.05, 3.63) is 53.3 Å². The summed E-state index contributed by atoms with van der Waals surface area (Å²) in [5, 5.41) is 0. The van der Waals surface area contributed by atoms with Gasteiger partial charge in [-0.15, -0.1) is 0 Å². The molecule has 0 radical (unpaired) electrons. The van der Waals surface area contributed by atoms with Gasteiger partial charge in [-0.25, -0.2) is 8.42 Å². The fourth-order valence-electron chi connectivity index (χ4n) is 3.80. The number of amides is 1. The smallest absolute Gasteiger partial charge is 0.270 e. The zero-order valence-corrected chi connectivity index (χ0v) is 15.7. The molecule has 2 aliphatic rings. The van der Waals surface area contributed by atoms with Crippen molar-refractivity contribution in [2.45, 2.75) is 30.7 Å². The monoisotopic (exact) mass is 373 g/mol. The Morgan fingerprint density at radius 3 is 2.46 bits per heavy atom. The molecule has 0 saturated carbocycles. The zero-order valence-electron chi connectivity index (χ0n) is 14.9. The third kappa shape index (κ3) is 2.95. The minimum Gasteiger partial charge on any atom is -0.345 e. The summed E-state index contributed by atoms with van der Waals surface area (Å²) in [6.07, 6.45) is 4.17. The molecule has 1 aromatic carbocycles. The summed E-state index contributed by atoms with van der Waals surface area (Å²) in [7, 11) is -1.78. The maximum Gasteiger partial charge on any atom is 0.270 e. The van der Waals surface area contributed by atoms with Gasteiger partial charge in [-0.05, 0) is 36.5 Å². The number of aromatic nitrogens is 1. The molecule has 4 rings (SSSR count). The number of rotatable bonds is 3. The minimum atomic E-state index is -3.51. The molecule has 2 aliphatic heterocycles. The third-order valence-electron chi connectivity index (χ3n) is 5.32. The van der Waals surface area contributed by atoms with Crippen LogP contribution in [-0.2, 0) is 30.0 Å². The Hall–Kier alpha value is -2.12. The van der Waals surface area contributed by atoms with E-state index in [9.17, 15) is 13.2 Å². The van der Waals surface area contributed by atoms with Crippen LogP contribution < -0.4 is 0 Å². The first-order valence-electron chi connectivity index (χ1n) is 8.99. The maximum absolute atomic E-state index is 13.0. The SMILES string of the molecule is Cn1cc(S(=O)(=O)N2CCCC2)cc1C(=O)N1CCc2ccccc2C1. The molecule has 0 N–H and O–H groups in total. The zero-order chi connectivity index (χ0) is 18.3. The van der Waals surface area contributed by atoms with Gasteiger partial charge >= 0.3 is 0 Å². The van der Waals surface area contributed by atoms with E-state index in [1.54, 1.807) is 22.7 Å². The van der Waals surface area contributed by atoms with Crippen molar-refractivity contribution in [2.24, 2.45) is 7.05 Å². The summed E-state index contributed by atoms with van der Waals surface area (Å²) < 4.78 is 28.6. The van der Waals surface area contributed by atoms with Gasteiger partial charge in [0.2, 0.25) is 10.0 Å². The van der Waals surface area contributed by atoms with Crippen LogP contribution in [0.25, 0.3) is 0 Å². The van der Waals surface area contributed by atoms with Gasteiger partial charge < -0.3 is 9.47 Å². The highest BCUT2D eigenvalue weighted by Gasteiger charge is 2.31. The second-order valence-electron chi connectivity index (χ2n) is 7.03. The molecule has 6 nitrogen and oxygen atoms in total. The largest absolute Gasteiger partial charge is 0.345 e. The van der Waals surface area contributed by atoms with E-state index in [1.807, 2.05) is 18.2 Å². The molecule has 0 bridgehead atoms. The van der Waals surface area contributed by atoms with Crippen LogP contribution in [0.15, 0.2) is 41.4 Å². The van der Waals surface area contributed by atoms with E-state index in [4.69, 9.17) is 0 Å². The predicted octanol–water partition coefficient (Wildman–Crippen LogP) is 2.01. The van der Waals surface area contributed by atoms with Gasteiger partial charge in [-0.1, -0.05) is 24.3 Å². The van der Waals surface area contributed by atoms with Crippen LogP contribution in [0.4, 0.5) is 0 Å². The predicted molar refractivity (Wildman–Crippen MR) is 98.3 cm³/mol. The van der Waals surface area contributed by atoms with Gasteiger partial charge in [0.1, 0.15) is 10.6 Å². The van der Waals surface area contributed by atoms with Crippen molar-refractivity contribution in [1.29, 1.82) is 0 Å². The fourth-order valence-corrected chi connectivity index (χ4v) is 5.39. The van der Waals surface area contributed by atoms with E-state index in [-0.39, 0.29) is 10.8 Å². The van der Waals surface area contributed by atoms with E-state index < -0.39 is 10.0 Å². The second kappa shape index (κ2) is 6.55. The summed E-state index contributed by atoms with van der Waals surface area (Å²) in [6, 6.07) is 9.67. The molecule has 1 amide bonds. The van der Waals surface area contributed by atoms with Crippen LogP contribution in [0.5, 0.6) is 0 Å². The third-order valence-corrected chi connectivity index (χ3v) is 7.18. The average molecular weight is 373 g/mol. The number of sulfonamides is 1. The van der Waals surface area contributed by atoms with Crippen molar-refractivity contribution in [3.8, 4) is 0 Å². The van der Waals surface area contributed by atoms with Crippen molar-refractivity contribution in [1.82, 2.24) is 13.8 Å². The lowest BCUT2D eigenvalue weighted by molar-refractivity contribution is 0.0725. The molecule has 0 aliphatic carbocycles. The highest BCUT2D eigenvalue weighted by atomic mass is 32.2. The molecule has 1 fully saturated rings. The van der Waals surface area contributed by atoms with Crippen molar-refractivity contribution < 1.29 is 13.2 Å². The van der Waals surface area contributed by atoms with E-state index >= 15 is 0 Å². The lowest BCUT2D eigenvalue weighted by atomic mass is 10.00. The lowest BCUT2D eigenvalue weighted by Gasteiger charge is -2.28. The number of hydrogen-bond donors (Lipinski definition) is 0. The second-order valence-corrected chi connectivity index (χ2v) is 8.97. The Balaban J connectivity index is 1.59. The van der Waals surface area contributed by atoms with Crippen LogP contribution >= 0.6 is 0 Å². The van der Waals surface area contributed by atoms with Crippen molar-refractivity contribution >= 4 is 15.9 Å². The van der Waals surface area contributed by atoms with Gasteiger partial charge in [0.05, 0.1) is 0 Å². The normalized spacial score (nSPS) is 18.1. The van der Waals surface area contributed by atoms with Gasteiger partial charge in [0.15, 0.2) is 0 Å². The highest BCUT2D eigenvalue weighted by Crippen LogP contribution is 2.25. The molecular weight excluding hydrogens is 350 g/mol. The fraction of sp³-hybridized carbons (Fsp3) is 0.421. The highest BCUT2D eigenvalue weighted by molar-refractivity contribution is 7.89.